The van der Waals surface area contributed by atoms with Crippen molar-refractivity contribution in [1.29, 1.82) is 0 Å². The van der Waals surface area contributed by atoms with Crippen LogP contribution >= 0.6 is 0 Å². The van der Waals surface area contributed by atoms with E-state index in [1.165, 1.54) is 0 Å². The molecule has 0 aliphatic heterocycles. The Morgan fingerprint density at radius 3 is 2.22 bits per heavy atom. The molecule has 0 bridgehead atoms. The van der Waals surface area contributed by atoms with Crippen LogP contribution in [0.2, 0.25) is 0 Å². The number of ketones is 1. The molecule has 23 heavy (non-hydrogen) atoms. The van der Waals surface area contributed by atoms with Gasteiger partial charge in [-0.05, 0) is 38.2 Å². The average Bonchev–Trinajstić information content (AvgIpc) is 2.51. The highest BCUT2D eigenvalue weighted by molar-refractivity contribution is 5.89. The molecule has 0 aromatic rings. The summed E-state index contributed by atoms with van der Waals surface area (Å²) in [4.78, 5) is 21.8. The molecule has 0 amide bonds. The van der Waals surface area contributed by atoms with Crippen molar-refractivity contribution in [3.8, 4) is 0 Å². The number of carboxylic acid groups (broad SMARTS) is 1. The SMILES string of the molecule is CCCCCC(=O)/C=C/C=C/C/C=C\C/C=C\CCCC(=O)O. The zero-order valence-corrected chi connectivity index (χ0v) is 14.2. The molecule has 1 N–H and O–H groups in total. The molecule has 128 valence electrons. The van der Waals surface area contributed by atoms with Crippen LogP contribution in [0.15, 0.2) is 48.6 Å². The van der Waals surface area contributed by atoms with Gasteiger partial charge in [-0.2, -0.15) is 0 Å². The number of allylic oxidation sites excluding steroid dienone is 8. The van der Waals surface area contributed by atoms with Gasteiger partial charge in [0.1, 0.15) is 0 Å². The molecule has 0 aromatic carbocycles. The van der Waals surface area contributed by atoms with Gasteiger partial charge in [0.15, 0.2) is 5.78 Å². The predicted octanol–water partition coefficient (Wildman–Crippen LogP) is 5.40. The van der Waals surface area contributed by atoms with Gasteiger partial charge in [0.25, 0.3) is 0 Å². The lowest BCUT2D eigenvalue weighted by Gasteiger charge is -1.92. The van der Waals surface area contributed by atoms with Crippen LogP contribution in [0.25, 0.3) is 0 Å². The van der Waals surface area contributed by atoms with Gasteiger partial charge >= 0.3 is 5.97 Å². The second-order valence-electron chi connectivity index (χ2n) is 5.41. The number of rotatable bonds is 14. The molecule has 0 aliphatic carbocycles. The topological polar surface area (TPSA) is 54.4 Å². The van der Waals surface area contributed by atoms with Crippen LogP contribution in [0, 0.1) is 0 Å². The normalized spacial score (nSPS) is 12.2. The lowest BCUT2D eigenvalue weighted by molar-refractivity contribution is -0.137. The molecule has 0 heterocycles. The molecule has 0 rings (SSSR count). The highest BCUT2D eigenvalue weighted by Gasteiger charge is 1.94. The van der Waals surface area contributed by atoms with Crippen molar-refractivity contribution in [3.05, 3.63) is 48.6 Å². The number of hydrogen-bond donors (Lipinski definition) is 1. The number of hydrogen-bond acceptors (Lipinski definition) is 2. The van der Waals surface area contributed by atoms with E-state index in [-0.39, 0.29) is 12.2 Å². The number of carboxylic acids is 1. The quantitative estimate of drug-likeness (QED) is 0.202. The molecule has 0 aliphatic rings. The minimum atomic E-state index is -0.734. The van der Waals surface area contributed by atoms with Crippen molar-refractivity contribution in [2.24, 2.45) is 0 Å². The lowest BCUT2D eigenvalue weighted by Crippen LogP contribution is -1.92. The monoisotopic (exact) mass is 318 g/mol. The first-order valence-corrected chi connectivity index (χ1v) is 8.54. The maximum atomic E-state index is 11.5. The van der Waals surface area contributed by atoms with E-state index < -0.39 is 5.97 Å². The van der Waals surface area contributed by atoms with E-state index in [0.717, 1.165) is 38.5 Å². The molecule has 3 heteroatoms. The third-order valence-corrected chi connectivity index (χ3v) is 3.20. The first kappa shape index (κ1) is 21.1. The fourth-order valence-electron chi connectivity index (χ4n) is 1.89. The third kappa shape index (κ3) is 18.1. The summed E-state index contributed by atoms with van der Waals surface area (Å²) in [5.41, 5.74) is 0. The number of carbonyl (C=O) groups excluding carboxylic acids is 1. The molecule has 0 saturated heterocycles. The molecule has 0 fully saturated rings. The Hall–Kier alpha value is -1.90. The van der Waals surface area contributed by atoms with Gasteiger partial charge in [-0.3, -0.25) is 9.59 Å². The van der Waals surface area contributed by atoms with E-state index in [9.17, 15) is 9.59 Å². The van der Waals surface area contributed by atoms with Crippen molar-refractivity contribution in [1.82, 2.24) is 0 Å². The number of carbonyl (C=O) groups is 2. The van der Waals surface area contributed by atoms with Gasteiger partial charge in [-0.15, -0.1) is 0 Å². The molecule has 0 radical (unpaired) electrons. The van der Waals surface area contributed by atoms with Crippen LogP contribution in [0.4, 0.5) is 0 Å². The van der Waals surface area contributed by atoms with Gasteiger partial charge in [0, 0.05) is 12.8 Å². The average molecular weight is 318 g/mol. The summed E-state index contributed by atoms with van der Waals surface area (Å²) in [7, 11) is 0. The van der Waals surface area contributed by atoms with E-state index in [2.05, 4.69) is 25.2 Å². The Morgan fingerprint density at radius 2 is 1.52 bits per heavy atom. The first-order valence-electron chi connectivity index (χ1n) is 8.54. The fourth-order valence-corrected chi connectivity index (χ4v) is 1.89. The third-order valence-electron chi connectivity index (χ3n) is 3.20. The Bertz CT molecular complexity index is 428. The Kier molecular flexibility index (Phi) is 15.1. The minimum absolute atomic E-state index is 0.201. The summed E-state index contributed by atoms with van der Waals surface area (Å²) in [6, 6.07) is 0. The summed E-state index contributed by atoms with van der Waals surface area (Å²) in [6.45, 7) is 2.13. The molecule has 3 nitrogen and oxygen atoms in total. The molecule has 0 aromatic heterocycles. The number of aliphatic carboxylic acids is 1. The summed E-state index contributed by atoms with van der Waals surface area (Å²) in [5, 5.41) is 8.49. The van der Waals surface area contributed by atoms with Gasteiger partial charge in [0.2, 0.25) is 0 Å². The van der Waals surface area contributed by atoms with Crippen molar-refractivity contribution < 1.29 is 14.7 Å². The molecule has 0 saturated carbocycles. The molecular weight excluding hydrogens is 288 g/mol. The van der Waals surface area contributed by atoms with Gasteiger partial charge in [-0.1, -0.05) is 62.3 Å². The van der Waals surface area contributed by atoms with E-state index in [0.29, 0.717) is 12.8 Å². The molecule has 0 unspecified atom stereocenters. The lowest BCUT2D eigenvalue weighted by atomic mass is 10.1. The van der Waals surface area contributed by atoms with Crippen LogP contribution < -0.4 is 0 Å². The maximum Gasteiger partial charge on any atom is 0.303 e. The highest BCUT2D eigenvalue weighted by atomic mass is 16.4. The van der Waals surface area contributed by atoms with E-state index >= 15 is 0 Å². The van der Waals surface area contributed by atoms with Crippen LogP contribution in [0.3, 0.4) is 0 Å². The summed E-state index contributed by atoms with van der Waals surface area (Å²) in [6.07, 6.45) is 23.0. The zero-order chi connectivity index (χ0) is 17.2. The fraction of sp³-hybridized carbons (Fsp3) is 0.500. The first-order chi connectivity index (χ1) is 11.2. The Morgan fingerprint density at radius 1 is 0.826 bits per heavy atom. The van der Waals surface area contributed by atoms with Crippen molar-refractivity contribution in [3.63, 3.8) is 0 Å². The van der Waals surface area contributed by atoms with E-state index in [1.54, 1.807) is 6.08 Å². The smallest absolute Gasteiger partial charge is 0.303 e. The minimum Gasteiger partial charge on any atom is -0.481 e. The van der Waals surface area contributed by atoms with Gasteiger partial charge < -0.3 is 5.11 Å². The van der Waals surface area contributed by atoms with Crippen LogP contribution in [0.1, 0.15) is 64.7 Å². The van der Waals surface area contributed by atoms with Gasteiger partial charge in [-0.25, -0.2) is 0 Å². The molecular formula is C20H30O3. The van der Waals surface area contributed by atoms with Crippen molar-refractivity contribution in [2.45, 2.75) is 64.7 Å². The van der Waals surface area contributed by atoms with Crippen molar-refractivity contribution >= 4 is 11.8 Å². The maximum absolute atomic E-state index is 11.5. The Balaban J connectivity index is 3.59. The summed E-state index contributed by atoms with van der Waals surface area (Å²) in [5.74, 6) is -0.534. The van der Waals surface area contributed by atoms with Gasteiger partial charge in [0.05, 0.1) is 0 Å². The Labute approximate surface area is 140 Å². The van der Waals surface area contributed by atoms with Crippen molar-refractivity contribution in [2.75, 3.05) is 0 Å². The standard InChI is InChI=1S/C20H30O3/c1-2-3-13-16-19(21)17-14-11-9-7-5-4-6-8-10-12-15-18-20(22)23/h4-5,8-11,14,17H,2-3,6-7,12-13,15-16,18H2,1H3,(H,22,23)/b5-4-,10-8-,11-9+,17-14+. The largest absolute Gasteiger partial charge is 0.481 e. The van der Waals surface area contributed by atoms with Crippen LogP contribution in [-0.2, 0) is 9.59 Å². The van der Waals surface area contributed by atoms with E-state index in [1.807, 2.05) is 24.3 Å². The van der Waals surface area contributed by atoms with Crippen LogP contribution in [0.5, 0.6) is 0 Å². The number of unbranched alkanes of at least 4 members (excludes halogenated alkanes) is 3. The summed E-state index contributed by atoms with van der Waals surface area (Å²) < 4.78 is 0. The predicted molar refractivity (Wildman–Crippen MR) is 96.4 cm³/mol. The molecule has 0 spiro atoms. The zero-order valence-electron chi connectivity index (χ0n) is 14.2. The second-order valence-corrected chi connectivity index (χ2v) is 5.41. The van der Waals surface area contributed by atoms with E-state index in [4.69, 9.17) is 5.11 Å². The molecule has 0 atom stereocenters. The second kappa shape index (κ2) is 16.5. The van der Waals surface area contributed by atoms with Crippen LogP contribution in [-0.4, -0.2) is 16.9 Å². The summed E-state index contributed by atoms with van der Waals surface area (Å²) >= 11 is 0. The highest BCUT2D eigenvalue weighted by Crippen LogP contribution is 2.01.